The van der Waals surface area contributed by atoms with Gasteiger partial charge < -0.3 is 28.6 Å². The highest BCUT2D eigenvalue weighted by Gasteiger charge is 2.72. The van der Waals surface area contributed by atoms with Gasteiger partial charge in [0.1, 0.15) is 35.8 Å². The van der Waals surface area contributed by atoms with Crippen LogP contribution in [0.15, 0.2) is 42.0 Å². The Morgan fingerprint density at radius 1 is 1.22 bits per heavy atom. The molecule has 1 aromatic rings. The van der Waals surface area contributed by atoms with Crippen molar-refractivity contribution >= 4 is 12.0 Å². The Morgan fingerprint density at radius 2 is 1.94 bits per heavy atom. The largest absolute Gasteiger partial charge is 0.492 e. The lowest BCUT2D eigenvalue weighted by Crippen LogP contribution is -2.55. The number of esters is 1. The Kier molecular flexibility index (Phi) is 8.25. The molecule has 1 aliphatic carbocycles. The fourth-order valence-electron chi connectivity index (χ4n) is 5.44. The third-order valence-electron chi connectivity index (χ3n) is 7.60. The molecule has 3 fully saturated rings. The number of ether oxygens (including phenoxy) is 5. The Hall–Kier alpha value is -2.19. The van der Waals surface area contributed by atoms with Crippen molar-refractivity contribution in [1.82, 2.24) is 4.90 Å². The van der Waals surface area contributed by atoms with Gasteiger partial charge in [-0.3, -0.25) is 0 Å². The van der Waals surface area contributed by atoms with Crippen molar-refractivity contribution < 1.29 is 28.5 Å². The zero-order valence-corrected chi connectivity index (χ0v) is 22.5. The van der Waals surface area contributed by atoms with Crippen LogP contribution in [-0.4, -0.2) is 81.3 Å². The third-order valence-corrected chi connectivity index (χ3v) is 7.60. The van der Waals surface area contributed by atoms with E-state index in [0.29, 0.717) is 19.6 Å². The van der Waals surface area contributed by atoms with E-state index in [1.54, 1.807) is 13.2 Å². The van der Waals surface area contributed by atoms with Crippen LogP contribution < -0.4 is 4.74 Å². The van der Waals surface area contributed by atoms with Crippen LogP contribution in [0.25, 0.3) is 6.08 Å². The minimum atomic E-state index is -0.372. The molecule has 36 heavy (non-hydrogen) atoms. The van der Waals surface area contributed by atoms with Crippen LogP contribution in [-0.2, 0) is 23.7 Å². The molecule has 0 aromatic heterocycles. The number of benzene rings is 1. The highest BCUT2D eigenvalue weighted by Crippen LogP contribution is 2.59. The number of nitrogens with zero attached hydrogens (tertiary/aromatic N) is 1. The number of allylic oxidation sites excluding steroid dienone is 1. The Morgan fingerprint density at radius 3 is 2.56 bits per heavy atom. The molecule has 3 aliphatic rings. The van der Waals surface area contributed by atoms with E-state index >= 15 is 0 Å². The van der Waals surface area contributed by atoms with E-state index < -0.39 is 0 Å². The Balaban J connectivity index is 1.36. The first kappa shape index (κ1) is 26.9. The SMILES string of the molecule is CO[C@H]1[C@H](C2(C)OC2CC=C(C)C)[C@]2(CC[C@H]1OC(=O)/C=C/c1ccc(OCCN(C)C)cc1)CO2. The highest BCUT2D eigenvalue weighted by atomic mass is 16.6. The van der Waals surface area contributed by atoms with Gasteiger partial charge in [0.15, 0.2) is 0 Å². The summed E-state index contributed by atoms with van der Waals surface area (Å²) in [5.41, 5.74) is 1.61. The van der Waals surface area contributed by atoms with Crippen LogP contribution in [0.3, 0.4) is 0 Å². The second kappa shape index (κ2) is 11.1. The number of epoxide rings is 2. The van der Waals surface area contributed by atoms with Gasteiger partial charge in [-0.05, 0) is 77.9 Å². The number of carbonyl (C=O) groups excluding carboxylic acids is 1. The molecule has 2 heterocycles. The van der Waals surface area contributed by atoms with Crippen LogP contribution in [0.1, 0.15) is 45.6 Å². The zero-order valence-electron chi connectivity index (χ0n) is 22.5. The number of carbonyl (C=O) groups is 1. The molecule has 6 atom stereocenters. The molecule has 7 heteroatoms. The van der Waals surface area contributed by atoms with E-state index in [-0.39, 0.29) is 41.4 Å². The van der Waals surface area contributed by atoms with Gasteiger partial charge in [-0.1, -0.05) is 23.8 Å². The first-order valence-corrected chi connectivity index (χ1v) is 12.9. The van der Waals surface area contributed by atoms with Crippen LogP contribution in [0.4, 0.5) is 0 Å². The van der Waals surface area contributed by atoms with Crippen LogP contribution in [0.2, 0.25) is 0 Å². The maximum atomic E-state index is 12.7. The standard InChI is InChI=1S/C29H41NO6/c1-20(2)7-13-24-28(3,36-24)27-26(32-6)23(15-16-29(27)19-34-29)35-25(31)14-10-21-8-11-22(12-9-21)33-18-17-30(4)5/h7-12,14,23-24,26-27H,13,15-19H2,1-6H3/b14-10+/t23-,24?,26-,27-,28?,29+/m1/s1. The highest BCUT2D eigenvalue weighted by molar-refractivity contribution is 5.87. The summed E-state index contributed by atoms with van der Waals surface area (Å²) in [6.45, 7) is 8.54. The molecule has 0 radical (unpaired) electrons. The third kappa shape index (κ3) is 6.20. The fourth-order valence-corrected chi connectivity index (χ4v) is 5.44. The van der Waals surface area contributed by atoms with Gasteiger partial charge in [0.05, 0.1) is 18.6 Å². The summed E-state index contributed by atoms with van der Waals surface area (Å²) < 4.78 is 29.8. The zero-order chi connectivity index (χ0) is 25.9. The lowest BCUT2D eigenvalue weighted by atomic mass is 9.68. The second-order valence-corrected chi connectivity index (χ2v) is 10.9. The van der Waals surface area contributed by atoms with E-state index in [0.717, 1.165) is 30.7 Å². The molecule has 0 bridgehead atoms. The first-order chi connectivity index (χ1) is 17.2. The normalized spacial score (nSPS) is 33.1. The Bertz CT molecular complexity index is 962. The molecule has 2 aliphatic heterocycles. The lowest BCUT2D eigenvalue weighted by molar-refractivity contribution is -0.166. The summed E-state index contributed by atoms with van der Waals surface area (Å²) in [6, 6.07) is 7.67. The number of hydrogen-bond donors (Lipinski definition) is 0. The monoisotopic (exact) mass is 499 g/mol. The van der Waals surface area contributed by atoms with Crippen LogP contribution in [0.5, 0.6) is 5.75 Å². The minimum absolute atomic E-state index is 0.0149. The summed E-state index contributed by atoms with van der Waals surface area (Å²) in [6.07, 6.45) is 7.38. The molecule has 198 valence electrons. The molecule has 4 rings (SSSR count). The molecule has 2 unspecified atom stereocenters. The average molecular weight is 500 g/mol. The molecular formula is C29H41NO6. The number of methoxy groups -OCH3 is 1. The molecule has 1 aromatic carbocycles. The number of likely N-dealkylation sites (N-methyl/N-ethyl adjacent to an activating group) is 1. The van der Waals surface area contributed by atoms with Gasteiger partial charge in [-0.25, -0.2) is 4.79 Å². The first-order valence-electron chi connectivity index (χ1n) is 12.9. The van der Waals surface area contributed by atoms with E-state index in [1.807, 2.05) is 38.4 Å². The molecule has 0 amide bonds. The van der Waals surface area contributed by atoms with Crippen molar-refractivity contribution in [3.63, 3.8) is 0 Å². The van der Waals surface area contributed by atoms with E-state index in [9.17, 15) is 4.79 Å². The van der Waals surface area contributed by atoms with Gasteiger partial charge in [0.2, 0.25) is 0 Å². The smallest absolute Gasteiger partial charge is 0.331 e. The van der Waals surface area contributed by atoms with E-state index in [1.165, 1.54) is 11.6 Å². The van der Waals surface area contributed by atoms with Crippen LogP contribution in [0, 0.1) is 5.92 Å². The van der Waals surface area contributed by atoms with Crippen molar-refractivity contribution in [2.45, 2.75) is 69.5 Å². The summed E-state index contributed by atoms with van der Waals surface area (Å²) in [5, 5.41) is 0. The molecule has 2 saturated heterocycles. The molecular weight excluding hydrogens is 458 g/mol. The molecule has 0 N–H and O–H groups in total. The van der Waals surface area contributed by atoms with E-state index in [2.05, 4.69) is 31.7 Å². The van der Waals surface area contributed by atoms with Crippen molar-refractivity contribution in [1.29, 1.82) is 0 Å². The van der Waals surface area contributed by atoms with Crippen molar-refractivity contribution in [2.75, 3.05) is 41.0 Å². The maximum Gasteiger partial charge on any atom is 0.331 e. The predicted molar refractivity (Wildman–Crippen MR) is 139 cm³/mol. The summed E-state index contributed by atoms with van der Waals surface area (Å²) >= 11 is 0. The van der Waals surface area contributed by atoms with Gasteiger partial charge in [0, 0.05) is 19.7 Å². The topological polar surface area (TPSA) is 73.1 Å². The maximum absolute atomic E-state index is 12.7. The van der Waals surface area contributed by atoms with Crippen molar-refractivity contribution in [3.8, 4) is 5.75 Å². The summed E-state index contributed by atoms with van der Waals surface area (Å²) in [7, 11) is 5.72. The lowest BCUT2D eigenvalue weighted by Gasteiger charge is -2.42. The molecule has 7 nitrogen and oxygen atoms in total. The average Bonchev–Trinajstić information content (AvgIpc) is 3.75. The fraction of sp³-hybridized carbons (Fsp3) is 0.621. The minimum Gasteiger partial charge on any atom is -0.492 e. The molecule has 1 spiro atoms. The summed E-state index contributed by atoms with van der Waals surface area (Å²) in [4.78, 5) is 14.8. The van der Waals surface area contributed by atoms with Gasteiger partial charge >= 0.3 is 5.97 Å². The predicted octanol–water partition coefficient (Wildman–Crippen LogP) is 4.26. The van der Waals surface area contributed by atoms with Crippen LogP contribution >= 0.6 is 0 Å². The molecule has 1 saturated carbocycles. The van der Waals surface area contributed by atoms with E-state index in [4.69, 9.17) is 23.7 Å². The van der Waals surface area contributed by atoms with Crippen molar-refractivity contribution in [3.05, 3.63) is 47.6 Å². The quantitative estimate of drug-likeness (QED) is 0.195. The van der Waals surface area contributed by atoms with Gasteiger partial charge in [0.25, 0.3) is 0 Å². The van der Waals surface area contributed by atoms with Crippen molar-refractivity contribution in [2.24, 2.45) is 5.92 Å². The van der Waals surface area contributed by atoms with Gasteiger partial charge in [-0.2, -0.15) is 0 Å². The second-order valence-electron chi connectivity index (χ2n) is 10.9. The van der Waals surface area contributed by atoms with Gasteiger partial charge in [-0.15, -0.1) is 0 Å². The Labute approximate surface area is 215 Å². The number of hydrogen-bond acceptors (Lipinski definition) is 7. The summed E-state index contributed by atoms with van der Waals surface area (Å²) in [5.74, 6) is 0.450. The number of rotatable bonds is 11.